The third-order valence-corrected chi connectivity index (χ3v) is 5.06. The van der Waals surface area contributed by atoms with Gasteiger partial charge in [-0.1, -0.05) is 6.07 Å². The van der Waals surface area contributed by atoms with Crippen LogP contribution in [0, 0.1) is 0 Å². The zero-order valence-corrected chi connectivity index (χ0v) is 18.4. The molecule has 0 radical (unpaired) electrons. The molecule has 0 aromatic heterocycles. The Balaban J connectivity index is 1.65. The molecule has 0 saturated carbocycles. The average Bonchev–Trinajstić information content (AvgIpc) is 3.14. The van der Waals surface area contributed by atoms with Crippen molar-refractivity contribution in [2.75, 3.05) is 26.9 Å². The first-order valence-corrected chi connectivity index (χ1v) is 10.5. The Hall–Kier alpha value is -2.97. The summed E-state index contributed by atoms with van der Waals surface area (Å²) in [4.78, 5) is 12.5. The molecule has 1 amide bonds. The van der Waals surface area contributed by atoms with E-state index in [0.29, 0.717) is 30.5 Å². The Morgan fingerprint density at radius 2 is 1.61 bits per heavy atom. The van der Waals surface area contributed by atoms with Crippen molar-refractivity contribution in [3.8, 4) is 23.0 Å². The summed E-state index contributed by atoms with van der Waals surface area (Å²) >= 11 is 0. The van der Waals surface area contributed by atoms with Crippen LogP contribution in [0.5, 0.6) is 23.0 Å². The molecule has 3 rings (SSSR count). The van der Waals surface area contributed by atoms with E-state index in [-0.39, 0.29) is 30.6 Å². The number of hydrogen-bond donors (Lipinski definition) is 3. The second kappa shape index (κ2) is 10.9. The van der Waals surface area contributed by atoms with Gasteiger partial charge in [-0.05, 0) is 62.7 Å². The summed E-state index contributed by atoms with van der Waals surface area (Å²) in [6.07, 6.45) is -0.297. The summed E-state index contributed by atoms with van der Waals surface area (Å²) in [5, 5.41) is 3.01. The van der Waals surface area contributed by atoms with Gasteiger partial charge in [0.05, 0.1) is 20.3 Å². The molecule has 2 aromatic rings. The SMILES string of the molecule is CCOc1ccc(C2C(C)NNC2NC(=O)COc2ccc(OC)cc2)cc1OCC. The number of rotatable bonds is 10. The number of hydrogen-bond acceptors (Lipinski definition) is 7. The Morgan fingerprint density at radius 1 is 0.935 bits per heavy atom. The molecular formula is C23H31N3O5. The van der Waals surface area contributed by atoms with Crippen LogP contribution in [0.2, 0.25) is 0 Å². The van der Waals surface area contributed by atoms with Gasteiger partial charge in [-0.25, -0.2) is 5.43 Å². The lowest BCUT2D eigenvalue weighted by atomic mass is 9.91. The Kier molecular flexibility index (Phi) is 7.97. The number of ether oxygens (including phenoxy) is 4. The summed E-state index contributed by atoms with van der Waals surface area (Å²) in [6.45, 7) is 6.97. The third kappa shape index (κ3) is 5.80. The first-order valence-electron chi connectivity index (χ1n) is 10.5. The molecule has 8 nitrogen and oxygen atoms in total. The van der Waals surface area contributed by atoms with E-state index < -0.39 is 0 Å². The lowest BCUT2D eigenvalue weighted by Gasteiger charge is -2.23. The zero-order chi connectivity index (χ0) is 22.2. The number of carbonyl (C=O) groups excluding carboxylic acids is 1. The molecule has 0 spiro atoms. The van der Waals surface area contributed by atoms with Crippen molar-refractivity contribution in [2.24, 2.45) is 0 Å². The fraction of sp³-hybridized carbons (Fsp3) is 0.435. The second-order valence-corrected chi connectivity index (χ2v) is 7.18. The predicted octanol–water partition coefficient (Wildman–Crippen LogP) is 2.59. The highest BCUT2D eigenvalue weighted by atomic mass is 16.5. The molecule has 31 heavy (non-hydrogen) atoms. The van der Waals surface area contributed by atoms with Crippen LogP contribution in [0.4, 0.5) is 0 Å². The maximum atomic E-state index is 12.5. The summed E-state index contributed by atoms with van der Waals surface area (Å²) in [5.74, 6) is 2.54. The van der Waals surface area contributed by atoms with Crippen LogP contribution in [0.25, 0.3) is 0 Å². The minimum atomic E-state index is -0.297. The molecule has 168 valence electrons. The van der Waals surface area contributed by atoms with Crippen LogP contribution in [0.1, 0.15) is 32.3 Å². The number of amides is 1. The van der Waals surface area contributed by atoms with Gasteiger partial charge in [0.15, 0.2) is 18.1 Å². The van der Waals surface area contributed by atoms with Crippen molar-refractivity contribution in [2.45, 2.75) is 38.9 Å². The van der Waals surface area contributed by atoms with Gasteiger partial charge in [-0.15, -0.1) is 0 Å². The van der Waals surface area contributed by atoms with E-state index in [1.807, 2.05) is 32.0 Å². The fourth-order valence-corrected chi connectivity index (χ4v) is 3.61. The largest absolute Gasteiger partial charge is 0.497 e. The first kappa shape index (κ1) is 22.7. The molecular weight excluding hydrogens is 398 g/mol. The van der Waals surface area contributed by atoms with Crippen molar-refractivity contribution in [1.29, 1.82) is 0 Å². The maximum Gasteiger partial charge on any atom is 0.259 e. The molecule has 3 atom stereocenters. The van der Waals surface area contributed by atoms with Crippen LogP contribution in [0.3, 0.4) is 0 Å². The van der Waals surface area contributed by atoms with Crippen molar-refractivity contribution in [3.63, 3.8) is 0 Å². The smallest absolute Gasteiger partial charge is 0.259 e. The highest BCUT2D eigenvalue weighted by Gasteiger charge is 2.35. The molecule has 0 aliphatic carbocycles. The first-order chi connectivity index (χ1) is 15.0. The van der Waals surface area contributed by atoms with Crippen molar-refractivity contribution in [3.05, 3.63) is 48.0 Å². The molecule has 1 fully saturated rings. The zero-order valence-electron chi connectivity index (χ0n) is 18.4. The molecule has 1 aliphatic rings. The quantitative estimate of drug-likeness (QED) is 0.535. The van der Waals surface area contributed by atoms with Gasteiger partial charge in [0.1, 0.15) is 17.7 Å². The van der Waals surface area contributed by atoms with Crippen molar-refractivity contribution >= 4 is 5.91 Å². The van der Waals surface area contributed by atoms with Crippen LogP contribution < -0.4 is 35.1 Å². The van der Waals surface area contributed by atoms with Crippen LogP contribution in [-0.4, -0.2) is 45.0 Å². The van der Waals surface area contributed by atoms with E-state index >= 15 is 0 Å². The number of benzene rings is 2. The molecule has 8 heteroatoms. The lowest BCUT2D eigenvalue weighted by molar-refractivity contribution is -0.124. The van der Waals surface area contributed by atoms with Crippen LogP contribution >= 0.6 is 0 Å². The van der Waals surface area contributed by atoms with E-state index in [1.165, 1.54) is 0 Å². The normalized spacial score (nSPS) is 20.2. The van der Waals surface area contributed by atoms with Gasteiger partial charge in [0.25, 0.3) is 5.91 Å². The van der Waals surface area contributed by atoms with Crippen LogP contribution in [-0.2, 0) is 4.79 Å². The summed E-state index contributed by atoms with van der Waals surface area (Å²) in [6, 6.07) is 13.1. The van der Waals surface area contributed by atoms with Gasteiger partial charge in [0.2, 0.25) is 0 Å². The monoisotopic (exact) mass is 429 g/mol. The number of hydrazine groups is 1. The van der Waals surface area contributed by atoms with Gasteiger partial charge in [-0.2, -0.15) is 0 Å². The van der Waals surface area contributed by atoms with Crippen molar-refractivity contribution < 1.29 is 23.7 Å². The minimum absolute atomic E-state index is 0.000168. The topological polar surface area (TPSA) is 90.1 Å². The van der Waals surface area contributed by atoms with E-state index in [0.717, 1.165) is 11.3 Å². The van der Waals surface area contributed by atoms with Crippen LogP contribution in [0.15, 0.2) is 42.5 Å². The Morgan fingerprint density at radius 3 is 2.29 bits per heavy atom. The third-order valence-electron chi connectivity index (χ3n) is 5.06. The number of methoxy groups -OCH3 is 1. The fourth-order valence-electron chi connectivity index (χ4n) is 3.61. The summed E-state index contributed by atoms with van der Waals surface area (Å²) in [7, 11) is 1.60. The molecule has 0 bridgehead atoms. The molecule has 1 aliphatic heterocycles. The summed E-state index contributed by atoms with van der Waals surface area (Å²) < 4.78 is 22.1. The van der Waals surface area contributed by atoms with Crippen molar-refractivity contribution in [1.82, 2.24) is 16.2 Å². The maximum absolute atomic E-state index is 12.5. The number of nitrogens with one attached hydrogen (secondary N) is 3. The van der Waals surface area contributed by atoms with E-state index in [1.54, 1.807) is 31.4 Å². The molecule has 1 saturated heterocycles. The Bertz CT molecular complexity index is 859. The summed E-state index contributed by atoms with van der Waals surface area (Å²) in [5.41, 5.74) is 7.41. The lowest BCUT2D eigenvalue weighted by Crippen LogP contribution is -2.47. The minimum Gasteiger partial charge on any atom is -0.497 e. The second-order valence-electron chi connectivity index (χ2n) is 7.18. The van der Waals surface area contributed by atoms with Gasteiger partial charge < -0.3 is 24.3 Å². The highest BCUT2D eigenvalue weighted by molar-refractivity contribution is 5.78. The Labute approximate surface area is 183 Å². The van der Waals surface area contributed by atoms with Gasteiger partial charge in [-0.3, -0.25) is 10.2 Å². The predicted molar refractivity (Wildman–Crippen MR) is 118 cm³/mol. The molecule has 3 unspecified atom stereocenters. The molecule has 3 N–H and O–H groups in total. The molecule has 1 heterocycles. The molecule has 2 aromatic carbocycles. The van der Waals surface area contributed by atoms with Gasteiger partial charge >= 0.3 is 0 Å². The van der Waals surface area contributed by atoms with Gasteiger partial charge in [0, 0.05) is 12.0 Å². The van der Waals surface area contributed by atoms with E-state index in [9.17, 15) is 4.79 Å². The van der Waals surface area contributed by atoms with E-state index in [2.05, 4.69) is 23.1 Å². The number of carbonyl (C=O) groups is 1. The highest BCUT2D eigenvalue weighted by Crippen LogP contribution is 2.34. The standard InChI is InChI=1S/C23H31N3O5/c1-5-29-19-12-7-16(13-20(19)30-6-2)22-15(3)25-26-23(22)24-21(27)14-31-18-10-8-17(28-4)9-11-18/h7-13,15,22-23,25-26H,5-6,14H2,1-4H3,(H,24,27). The average molecular weight is 430 g/mol. The van der Waals surface area contributed by atoms with E-state index in [4.69, 9.17) is 18.9 Å².